The van der Waals surface area contributed by atoms with Gasteiger partial charge in [0.2, 0.25) is 23.6 Å². The molecule has 0 spiro atoms. The van der Waals surface area contributed by atoms with Gasteiger partial charge in [-0.05, 0) is 60.2 Å². The molecule has 1 aliphatic heterocycles. The minimum Gasteiger partial charge on any atom is -0.508 e. The number of nitrogens with two attached hydrogens (primary N) is 1. The van der Waals surface area contributed by atoms with Gasteiger partial charge in [-0.3, -0.25) is 62.8 Å². The van der Waals surface area contributed by atoms with Gasteiger partial charge in [0.25, 0.3) is 10.9 Å². The van der Waals surface area contributed by atoms with Gasteiger partial charge in [0.05, 0.1) is 32.1 Å². The van der Waals surface area contributed by atoms with Crippen LogP contribution in [-0.2, 0) is 40.1 Å². The van der Waals surface area contributed by atoms with E-state index in [1.807, 2.05) is 42.5 Å². The summed E-state index contributed by atoms with van der Waals surface area (Å²) >= 11 is 0. The van der Waals surface area contributed by atoms with E-state index in [1.165, 1.54) is 12.1 Å². The lowest BCUT2D eigenvalue weighted by atomic mass is 9.90. The second-order valence-corrected chi connectivity index (χ2v) is 20.6. The molecular formula is C58H81N15O14. The molecule has 0 bridgehead atoms. The third-order valence-corrected chi connectivity index (χ3v) is 13.9. The van der Waals surface area contributed by atoms with Crippen molar-refractivity contribution in [3.05, 3.63) is 116 Å². The lowest BCUT2D eigenvalue weighted by Gasteiger charge is -2.32. The van der Waals surface area contributed by atoms with Crippen LogP contribution in [0.2, 0.25) is 0 Å². The van der Waals surface area contributed by atoms with E-state index in [9.17, 15) is 68.4 Å². The number of guanidine groups is 1. The molecule has 0 unspecified atom stereocenters. The van der Waals surface area contributed by atoms with Gasteiger partial charge < -0.3 is 74.0 Å². The topological polar surface area (TPSA) is 411 Å². The number of aromatic hydroxyl groups is 1. The SMILES string of the molecule is CCC(=O)NCCNC(=O)/N=C(/N)NCCC[C@@H](NC(=O)[C@H](c1ccccc1)c1ccc(NCCCNc2c(NCCNC(=O)CN3CCN(CC(=O)O)CCN(CC(=O)O)CCN(CC(=O)O)CC3)c(=O)c2=O)cc1)C(=O)NCc1ccc(O)cc1. The predicted molar refractivity (Wildman–Crippen MR) is 325 cm³/mol. The first-order valence-electron chi connectivity index (χ1n) is 28.8. The number of phenolic OH excluding ortho intramolecular Hbond substituents is 1. The molecule has 4 aromatic rings. The number of rotatable bonds is 33. The van der Waals surface area contributed by atoms with Crippen molar-refractivity contribution in [2.24, 2.45) is 10.7 Å². The first-order valence-corrected chi connectivity index (χ1v) is 28.8. The largest absolute Gasteiger partial charge is 0.508 e. The Morgan fingerprint density at radius 3 is 1.57 bits per heavy atom. The first kappa shape index (κ1) is 68.6. The molecular weight excluding hydrogens is 1130 g/mol. The maximum absolute atomic E-state index is 14.4. The second kappa shape index (κ2) is 36.6. The third kappa shape index (κ3) is 25.1. The molecule has 0 saturated carbocycles. The Kier molecular flexibility index (Phi) is 28.9. The maximum atomic E-state index is 14.4. The Bertz CT molecular complexity index is 2970. The molecule has 29 heteroatoms. The highest BCUT2D eigenvalue weighted by molar-refractivity contribution is 5.93. The van der Waals surface area contributed by atoms with Gasteiger partial charge in [0, 0.05) is 117 Å². The van der Waals surface area contributed by atoms with Crippen LogP contribution in [0.3, 0.4) is 0 Å². The van der Waals surface area contributed by atoms with E-state index in [-0.39, 0.29) is 159 Å². The fraction of sp³-hybridized carbons (Fsp3) is 0.466. The van der Waals surface area contributed by atoms with E-state index in [2.05, 4.69) is 52.8 Å². The van der Waals surface area contributed by atoms with Crippen molar-refractivity contribution in [2.45, 2.75) is 51.1 Å². The fourth-order valence-electron chi connectivity index (χ4n) is 9.29. The van der Waals surface area contributed by atoms with Crippen LogP contribution in [0, 0.1) is 0 Å². The average molecular weight is 1210 g/mol. The summed E-state index contributed by atoms with van der Waals surface area (Å²) in [6.07, 6.45) is 1.32. The number of phenols is 1. The van der Waals surface area contributed by atoms with Crippen LogP contribution >= 0.6 is 0 Å². The molecule has 1 saturated heterocycles. The highest BCUT2D eigenvalue weighted by atomic mass is 16.4. The molecule has 0 aliphatic carbocycles. The Morgan fingerprint density at radius 2 is 1.02 bits per heavy atom. The van der Waals surface area contributed by atoms with E-state index >= 15 is 0 Å². The lowest BCUT2D eigenvalue weighted by Crippen LogP contribution is -2.50. The van der Waals surface area contributed by atoms with Crippen molar-refractivity contribution in [1.82, 2.24) is 51.5 Å². The number of amides is 6. The highest BCUT2D eigenvalue weighted by Crippen LogP contribution is 2.27. The molecule has 1 heterocycles. The van der Waals surface area contributed by atoms with Gasteiger partial charge in [0.15, 0.2) is 5.96 Å². The van der Waals surface area contributed by atoms with Crippen LogP contribution in [0.25, 0.3) is 0 Å². The number of carbonyl (C=O) groups excluding carboxylic acids is 5. The summed E-state index contributed by atoms with van der Waals surface area (Å²) < 4.78 is 0. The van der Waals surface area contributed by atoms with E-state index in [1.54, 1.807) is 50.8 Å². The summed E-state index contributed by atoms with van der Waals surface area (Å²) in [4.78, 5) is 135. The van der Waals surface area contributed by atoms with Crippen LogP contribution in [0.4, 0.5) is 21.9 Å². The summed E-state index contributed by atoms with van der Waals surface area (Å²) in [6, 6.07) is 20.9. The van der Waals surface area contributed by atoms with Crippen molar-refractivity contribution < 1.29 is 58.8 Å². The van der Waals surface area contributed by atoms with E-state index < -0.39 is 58.6 Å². The van der Waals surface area contributed by atoms with Crippen molar-refractivity contribution in [2.75, 3.05) is 140 Å². The molecule has 4 aromatic carbocycles. The minimum absolute atomic E-state index is 0.0691. The van der Waals surface area contributed by atoms with Gasteiger partial charge >= 0.3 is 23.9 Å². The number of aliphatic imine (C=N–C) groups is 1. The van der Waals surface area contributed by atoms with Crippen LogP contribution in [0.5, 0.6) is 5.75 Å². The standard InChI is InChI=1S/C58H81N15O14/c1-2-45(75)61-23-25-66-58(87)69-57(59)65-19-6-10-44(55(85)67-34-39-11-17-43(74)18-12-39)68-56(86)50(40-8-4-3-5-9-40)41-13-15-42(16-14-41)60-20-7-21-63-51-52(54(84)53(51)83)64-24-22-62-46(76)35-70-26-28-71(36-47(77)78)30-32-73(38-49(81)82)33-31-72(29-27-70)37-48(79)80/h3-5,8-9,11-18,44,50,60,63-64,74H,2,6-7,10,19-38H2,1H3,(H,61,75)(H,62,76)(H,67,85)(H,68,86)(H,77,78)(H,79,80)(H,81,82)(H4,59,65,66,69,87)/t44-,50-/m1/s1. The number of carbonyl (C=O) groups is 8. The molecule has 472 valence electrons. The molecule has 1 aliphatic rings. The van der Waals surface area contributed by atoms with Crippen LogP contribution in [0.15, 0.2) is 93.4 Å². The fourth-order valence-corrected chi connectivity index (χ4v) is 9.29. The number of carboxylic acids is 3. The molecule has 29 nitrogen and oxygen atoms in total. The second-order valence-electron chi connectivity index (χ2n) is 20.6. The molecule has 2 atom stereocenters. The van der Waals surface area contributed by atoms with Gasteiger partial charge in [-0.2, -0.15) is 4.99 Å². The number of benzene rings is 3. The number of carboxylic acid groups (broad SMARTS) is 3. The number of anilines is 3. The minimum atomic E-state index is -1.07. The van der Waals surface area contributed by atoms with Crippen LogP contribution < -0.4 is 64.4 Å². The molecule has 87 heavy (non-hydrogen) atoms. The zero-order valence-corrected chi connectivity index (χ0v) is 48.8. The summed E-state index contributed by atoms with van der Waals surface area (Å²) in [7, 11) is 0. The summed E-state index contributed by atoms with van der Waals surface area (Å²) in [5, 5.41) is 64.1. The van der Waals surface area contributed by atoms with Gasteiger partial charge in [-0.25, -0.2) is 4.79 Å². The molecule has 6 amide bonds. The normalized spacial score (nSPS) is 14.7. The molecule has 0 aromatic heterocycles. The molecule has 15 N–H and O–H groups in total. The van der Waals surface area contributed by atoms with E-state index in [4.69, 9.17) is 5.73 Å². The quantitative estimate of drug-likeness (QED) is 0.0115. The van der Waals surface area contributed by atoms with E-state index in [0.717, 1.165) is 11.3 Å². The number of hydrogen-bond donors (Lipinski definition) is 14. The Hall–Kier alpha value is -9.19. The zero-order valence-electron chi connectivity index (χ0n) is 48.8. The molecule has 1 fully saturated rings. The zero-order chi connectivity index (χ0) is 63.1. The lowest BCUT2D eigenvalue weighted by molar-refractivity contribution is -0.140. The monoisotopic (exact) mass is 1210 g/mol. The summed E-state index contributed by atoms with van der Waals surface area (Å²) in [5.41, 5.74) is 7.54. The smallest absolute Gasteiger partial charge is 0.344 e. The highest BCUT2D eigenvalue weighted by Gasteiger charge is 2.29. The van der Waals surface area contributed by atoms with Crippen molar-refractivity contribution in [3.8, 4) is 5.75 Å². The van der Waals surface area contributed by atoms with Crippen LogP contribution in [-0.4, -0.2) is 224 Å². The van der Waals surface area contributed by atoms with Gasteiger partial charge in [-0.15, -0.1) is 0 Å². The average Bonchev–Trinajstić information content (AvgIpc) is 1.09. The van der Waals surface area contributed by atoms with Gasteiger partial charge in [0.1, 0.15) is 23.2 Å². The number of urea groups is 1. The predicted octanol–water partition coefficient (Wildman–Crippen LogP) is -1.24. The molecule has 5 rings (SSSR count). The van der Waals surface area contributed by atoms with Crippen molar-refractivity contribution in [1.29, 1.82) is 0 Å². The third-order valence-electron chi connectivity index (χ3n) is 13.9. The Labute approximate surface area is 503 Å². The summed E-state index contributed by atoms with van der Waals surface area (Å²) in [6.45, 7) is 4.36. The van der Waals surface area contributed by atoms with Crippen LogP contribution in [0.1, 0.15) is 55.2 Å². The number of nitrogens with one attached hydrogen (secondary N) is 9. The Morgan fingerprint density at radius 1 is 0.529 bits per heavy atom. The Balaban J connectivity index is 1.11. The van der Waals surface area contributed by atoms with Crippen molar-refractivity contribution in [3.63, 3.8) is 0 Å². The molecule has 0 radical (unpaired) electrons. The summed E-state index contributed by atoms with van der Waals surface area (Å²) in [5.74, 6) is -5.54. The maximum Gasteiger partial charge on any atom is 0.344 e. The van der Waals surface area contributed by atoms with Crippen molar-refractivity contribution >= 4 is 70.6 Å². The number of hydrogen-bond acceptors (Lipinski definition) is 18. The first-order chi connectivity index (χ1) is 41.8. The number of nitrogens with zero attached hydrogens (tertiary/aromatic N) is 5. The number of aliphatic carboxylic acids is 3. The van der Waals surface area contributed by atoms with E-state index in [0.29, 0.717) is 43.5 Å². The van der Waals surface area contributed by atoms with Gasteiger partial charge in [-0.1, -0.05) is 61.5 Å².